The molecule has 0 atom stereocenters. The van der Waals surface area contributed by atoms with E-state index in [0.29, 0.717) is 12.0 Å². The first-order valence-corrected chi connectivity index (χ1v) is 4.48. The minimum absolute atomic E-state index is 0.308. The summed E-state index contributed by atoms with van der Waals surface area (Å²) in [5, 5.41) is 8.69. The Hall–Kier alpha value is -0.550. The van der Waals surface area contributed by atoms with Gasteiger partial charge in [-0.1, -0.05) is 12.8 Å². The molecule has 0 bridgehead atoms. The topological polar surface area (TPSA) is 49.8 Å². The minimum atomic E-state index is 0.308. The number of rotatable bonds is 0. The van der Waals surface area contributed by atoms with Gasteiger partial charge >= 0.3 is 0 Å². The zero-order valence-corrected chi connectivity index (χ0v) is 6.92. The summed E-state index contributed by atoms with van der Waals surface area (Å²) in [4.78, 5) is 0. The second-order valence-electron chi connectivity index (χ2n) is 3.45. The van der Waals surface area contributed by atoms with Gasteiger partial charge in [0.05, 0.1) is 6.07 Å². The van der Waals surface area contributed by atoms with Crippen molar-refractivity contribution in [1.82, 2.24) is 0 Å². The quantitative estimate of drug-likeness (QED) is 0.575. The van der Waals surface area contributed by atoms with Crippen LogP contribution in [0.1, 0.15) is 38.5 Å². The predicted octanol–water partition coefficient (Wildman–Crippen LogP) is 1.81. The van der Waals surface area contributed by atoms with Crippen LogP contribution in [0, 0.1) is 17.2 Å². The van der Waals surface area contributed by atoms with Gasteiger partial charge in [-0.3, -0.25) is 0 Å². The summed E-state index contributed by atoms with van der Waals surface area (Å²) in [7, 11) is 0. The average molecular weight is 152 g/mol. The smallest absolute Gasteiger partial charge is 0.0655 e. The van der Waals surface area contributed by atoms with Crippen molar-refractivity contribution in [3.8, 4) is 6.07 Å². The van der Waals surface area contributed by atoms with Crippen LogP contribution >= 0.6 is 0 Å². The maximum absolute atomic E-state index is 8.69. The second kappa shape index (κ2) is 4.35. The number of nitrogens with zero attached hydrogens (tertiary/aromatic N) is 1. The molecule has 0 radical (unpaired) electrons. The first kappa shape index (κ1) is 8.55. The highest BCUT2D eigenvalue weighted by Crippen LogP contribution is 2.20. The van der Waals surface area contributed by atoms with Crippen LogP contribution in [0.25, 0.3) is 0 Å². The summed E-state index contributed by atoms with van der Waals surface area (Å²) in [6.45, 7) is 0. The molecule has 0 amide bonds. The maximum atomic E-state index is 8.69. The van der Waals surface area contributed by atoms with Crippen LogP contribution in [0.4, 0.5) is 0 Å². The van der Waals surface area contributed by atoms with Gasteiger partial charge in [0.25, 0.3) is 0 Å². The average Bonchev–Trinajstić information content (AvgIpc) is 1.96. The first-order chi connectivity index (χ1) is 5.33. The normalized spacial score (nSPS) is 33.5. The molecule has 0 heterocycles. The van der Waals surface area contributed by atoms with Crippen molar-refractivity contribution in [1.29, 1.82) is 5.26 Å². The molecule has 2 heteroatoms. The molecule has 0 aromatic heterocycles. The monoisotopic (exact) mass is 152 g/mol. The molecule has 1 aliphatic rings. The summed E-state index contributed by atoms with van der Waals surface area (Å²) < 4.78 is 0. The molecular formula is C9H16N2. The third-order valence-corrected chi connectivity index (χ3v) is 2.44. The van der Waals surface area contributed by atoms with E-state index in [1.54, 1.807) is 0 Å². The highest BCUT2D eigenvalue weighted by molar-refractivity contribution is 4.84. The molecule has 1 saturated carbocycles. The molecule has 1 fully saturated rings. The van der Waals surface area contributed by atoms with Gasteiger partial charge < -0.3 is 5.73 Å². The Morgan fingerprint density at radius 2 is 1.64 bits per heavy atom. The lowest BCUT2D eigenvalue weighted by Crippen LogP contribution is -2.21. The van der Waals surface area contributed by atoms with E-state index < -0.39 is 0 Å². The highest BCUT2D eigenvalue weighted by Gasteiger charge is 2.13. The summed E-state index contributed by atoms with van der Waals surface area (Å²) >= 11 is 0. The fourth-order valence-electron chi connectivity index (χ4n) is 1.67. The molecule has 0 spiro atoms. The third kappa shape index (κ3) is 2.90. The van der Waals surface area contributed by atoms with Gasteiger partial charge in [-0.2, -0.15) is 5.26 Å². The Bertz CT molecular complexity index is 138. The van der Waals surface area contributed by atoms with Crippen LogP contribution in [0.15, 0.2) is 0 Å². The molecule has 0 aliphatic heterocycles. The molecule has 62 valence electrons. The zero-order valence-electron chi connectivity index (χ0n) is 6.92. The molecule has 1 aliphatic carbocycles. The van der Waals surface area contributed by atoms with Gasteiger partial charge in [0.1, 0.15) is 0 Å². The van der Waals surface area contributed by atoms with Crippen molar-refractivity contribution in [3.05, 3.63) is 0 Å². The lowest BCUT2D eigenvalue weighted by atomic mass is 9.90. The summed E-state index contributed by atoms with van der Waals surface area (Å²) in [5.41, 5.74) is 5.81. The number of nitrogens with two attached hydrogens (primary N) is 1. The van der Waals surface area contributed by atoms with Crippen LogP contribution in [0.2, 0.25) is 0 Å². The van der Waals surface area contributed by atoms with E-state index in [1.807, 2.05) is 0 Å². The lowest BCUT2D eigenvalue weighted by Gasteiger charge is -2.17. The zero-order chi connectivity index (χ0) is 8.10. The lowest BCUT2D eigenvalue weighted by molar-refractivity contribution is 0.407. The number of hydrogen-bond acceptors (Lipinski definition) is 2. The van der Waals surface area contributed by atoms with Crippen LogP contribution < -0.4 is 5.73 Å². The van der Waals surface area contributed by atoms with Crippen molar-refractivity contribution >= 4 is 0 Å². The van der Waals surface area contributed by atoms with Gasteiger partial charge in [-0.05, 0) is 25.7 Å². The molecular weight excluding hydrogens is 136 g/mol. The fraction of sp³-hybridized carbons (Fsp3) is 0.889. The molecule has 11 heavy (non-hydrogen) atoms. The summed E-state index contributed by atoms with van der Waals surface area (Å²) in [6.07, 6.45) is 6.61. The van der Waals surface area contributed by atoms with Crippen molar-refractivity contribution in [2.75, 3.05) is 0 Å². The van der Waals surface area contributed by atoms with E-state index >= 15 is 0 Å². The molecule has 0 aromatic carbocycles. The van der Waals surface area contributed by atoms with E-state index in [-0.39, 0.29) is 0 Å². The van der Waals surface area contributed by atoms with E-state index in [4.69, 9.17) is 11.0 Å². The Kier molecular flexibility index (Phi) is 3.38. The van der Waals surface area contributed by atoms with Crippen LogP contribution in [-0.2, 0) is 0 Å². The van der Waals surface area contributed by atoms with E-state index in [1.165, 1.54) is 0 Å². The van der Waals surface area contributed by atoms with Crippen molar-refractivity contribution in [2.24, 2.45) is 11.7 Å². The van der Waals surface area contributed by atoms with E-state index in [9.17, 15) is 0 Å². The Balaban J connectivity index is 2.29. The van der Waals surface area contributed by atoms with Gasteiger partial charge in [0.2, 0.25) is 0 Å². The second-order valence-corrected chi connectivity index (χ2v) is 3.45. The Morgan fingerprint density at radius 1 is 1.09 bits per heavy atom. The summed E-state index contributed by atoms with van der Waals surface area (Å²) in [5.74, 6) is 0.308. The van der Waals surface area contributed by atoms with Crippen LogP contribution in [-0.4, -0.2) is 6.04 Å². The van der Waals surface area contributed by atoms with Gasteiger partial charge in [0.15, 0.2) is 0 Å². The molecule has 0 unspecified atom stereocenters. The van der Waals surface area contributed by atoms with Gasteiger partial charge in [0, 0.05) is 12.0 Å². The van der Waals surface area contributed by atoms with Crippen molar-refractivity contribution in [3.63, 3.8) is 0 Å². The first-order valence-electron chi connectivity index (χ1n) is 4.48. The van der Waals surface area contributed by atoms with E-state index in [0.717, 1.165) is 38.5 Å². The summed E-state index contributed by atoms with van der Waals surface area (Å²) in [6, 6.07) is 2.74. The predicted molar refractivity (Wildman–Crippen MR) is 44.8 cm³/mol. The Labute approximate surface area is 68.4 Å². The van der Waals surface area contributed by atoms with E-state index in [2.05, 4.69) is 6.07 Å². The third-order valence-electron chi connectivity index (χ3n) is 2.44. The van der Waals surface area contributed by atoms with Crippen LogP contribution in [0.5, 0.6) is 0 Å². The molecule has 1 rings (SSSR count). The van der Waals surface area contributed by atoms with Crippen LogP contribution in [0.3, 0.4) is 0 Å². The number of nitriles is 1. The largest absolute Gasteiger partial charge is 0.328 e. The molecule has 0 aromatic rings. The van der Waals surface area contributed by atoms with Gasteiger partial charge in [-0.15, -0.1) is 0 Å². The highest BCUT2D eigenvalue weighted by atomic mass is 14.6. The maximum Gasteiger partial charge on any atom is 0.0655 e. The molecule has 0 saturated heterocycles. The molecule has 2 N–H and O–H groups in total. The van der Waals surface area contributed by atoms with Gasteiger partial charge in [-0.25, -0.2) is 0 Å². The SMILES string of the molecule is N#CC1CCCC(N)CCC1. The molecule has 2 nitrogen and oxygen atoms in total. The Morgan fingerprint density at radius 3 is 2.09 bits per heavy atom. The van der Waals surface area contributed by atoms with Crippen molar-refractivity contribution < 1.29 is 0 Å². The van der Waals surface area contributed by atoms with Crippen molar-refractivity contribution in [2.45, 2.75) is 44.6 Å². The minimum Gasteiger partial charge on any atom is -0.328 e. The number of hydrogen-bond donors (Lipinski definition) is 1. The standard InChI is InChI=1S/C9H16N2/c10-7-8-3-1-5-9(11)6-2-4-8/h8-9H,1-6,11H2. The fourth-order valence-corrected chi connectivity index (χ4v) is 1.67.